The van der Waals surface area contributed by atoms with E-state index < -0.39 is 0 Å². The second-order valence-corrected chi connectivity index (χ2v) is 7.86. The number of nitrogens with zero attached hydrogens (tertiary/aromatic N) is 3. The Morgan fingerprint density at radius 3 is 2.61 bits per heavy atom. The van der Waals surface area contributed by atoms with Crippen LogP contribution in [0.4, 0.5) is 10.2 Å². The van der Waals surface area contributed by atoms with Gasteiger partial charge in [-0.25, -0.2) is 14.4 Å². The van der Waals surface area contributed by atoms with Crippen molar-refractivity contribution >= 4 is 5.82 Å². The molecule has 28 heavy (non-hydrogen) atoms. The summed E-state index contributed by atoms with van der Waals surface area (Å²) in [6.07, 6.45) is 3.06. The molecule has 0 bridgehead atoms. The first-order valence-electron chi connectivity index (χ1n) is 10.1. The summed E-state index contributed by atoms with van der Waals surface area (Å²) < 4.78 is 18.8. The van der Waals surface area contributed by atoms with Crippen molar-refractivity contribution in [1.82, 2.24) is 15.3 Å². The molecule has 1 saturated heterocycles. The summed E-state index contributed by atoms with van der Waals surface area (Å²) in [4.78, 5) is 11.3. The number of nitrogens with one attached hydrogen (secondary N) is 1. The minimum Gasteiger partial charge on any atom is -0.494 e. The van der Waals surface area contributed by atoms with Gasteiger partial charge in [0.25, 0.3) is 0 Å². The standard InChI is InChI=1S/C22H31FN4O/c1-15(11-18-5-6-21(28-4)20(23)13-18)14-24-19-7-9-27(10-8-19)22-12-16(2)25-17(3)26-22/h5-6,12-13,15,19,24H,7-11,14H2,1-4H3/t15-/m0/s1. The molecule has 0 spiro atoms. The van der Waals surface area contributed by atoms with Crippen molar-refractivity contribution in [1.29, 1.82) is 0 Å². The molecule has 152 valence electrons. The van der Waals surface area contributed by atoms with Gasteiger partial charge in [0.1, 0.15) is 11.6 Å². The number of aromatic nitrogens is 2. The van der Waals surface area contributed by atoms with E-state index in [0.29, 0.717) is 17.7 Å². The van der Waals surface area contributed by atoms with Gasteiger partial charge in [-0.15, -0.1) is 0 Å². The number of rotatable bonds is 7. The number of halogens is 1. The van der Waals surface area contributed by atoms with Crippen LogP contribution in [0.1, 0.15) is 36.8 Å². The van der Waals surface area contributed by atoms with E-state index in [1.165, 1.54) is 7.11 Å². The Labute approximate surface area is 167 Å². The molecule has 0 saturated carbocycles. The van der Waals surface area contributed by atoms with Gasteiger partial charge in [0.05, 0.1) is 7.11 Å². The number of piperidine rings is 1. The third-order valence-corrected chi connectivity index (χ3v) is 5.33. The molecule has 6 heteroatoms. The third-order valence-electron chi connectivity index (χ3n) is 5.33. The topological polar surface area (TPSA) is 50.3 Å². The van der Waals surface area contributed by atoms with E-state index in [2.05, 4.69) is 33.2 Å². The Morgan fingerprint density at radius 1 is 1.21 bits per heavy atom. The lowest BCUT2D eigenvalue weighted by Crippen LogP contribution is -2.44. The van der Waals surface area contributed by atoms with Gasteiger partial charge in [-0.3, -0.25) is 0 Å². The predicted octanol–water partition coefficient (Wildman–Crippen LogP) is 3.68. The molecule has 1 aliphatic rings. The molecule has 5 nitrogen and oxygen atoms in total. The number of methoxy groups -OCH3 is 1. The van der Waals surface area contributed by atoms with Crippen molar-refractivity contribution in [2.24, 2.45) is 5.92 Å². The molecule has 2 heterocycles. The van der Waals surface area contributed by atoms with Crippen LogP contribution in [-0.4, -0.2) is 42.8 Å². The molecular weight excluding hydrogens is 355 g/mol. The molecule has 1 N–H and O–H groups in total. The lowest BCUT2D eigenvalue weighted by atomic mass is 9.99. The number of aryl methyl sites for hydroxylation is 2. The smallest absolute Gasteiger partial charge is 0.165 e. The molecule has 1 atom stereocenters. The van der Waals surface area contributed by atoms with E-state index in [1.807, 2.05) is 19.9 Å². The largest absolute Gasteiger partial charge is 0.494 e. The zero-order valence-electron chi connectivity index (χ0n) is 17.3. The number of ether oxygens (including phenoxy) is 1. The van der Waals surface area contributed by atoms with Crippen LogP contribution in [0.3, 0.4) is 0 Å². The Kier molecular flexibility index (Phi) is 6.83. The maximum Gasteiger partial charge on any atom is 0.165 e. The van der Waals surface area contributed by atoms with E-state index in [-0.39, 0.29) is 5.82 Å². The van der Waals surface area contributed by atoms with Crippen LogP contribution in [0.2, 0.25) is 0 Å². The highest BCUT2D eigenvalue weighted by atomic mass is 19.1. The van der Waals surface area contributed by atoms with Gasteiger partial charge < -0.3 is 15.0 Å². The highest BCUT2D eigenvalue weighted by Crippen LogP contribution is 2.21. The number of anilines is 1. The van der Waals surface area contributed by atoms with Crippen molar-refractivity contribution in [2.75, 3.05) is 31.6 Å². The first-order valence-corrected chi connectivity index (χ1v) is 10.1. The Hall–Kier alpha value is -2.21. The van der Waals surface area contributed by atoms with Crippen LogP contribution in [0.25, 0.3) is 0 Å². The summed E-state index contributed by atoms with van der Waals surface area (Å²) >= 11 is 0. The van der Waals surface area contributed by atoms with Crippen molar-refractivity contribution < 1.29 is 9.13 Å². The Morgan fingerprint density at radius 2 is 1.96 bits per heavy atom. The van der Waals surface area contributed by atoms with Gasteiger partial charge >= 0.3 is 0 Å². The highest BCUT2D eigenvalue weighted by Gasteiger charge is 2.21. The fraction of sp³-hybridized carbons (Fsp3) is 0.545. The monoisotopic (exact) mass is 386 g/mol. The quantitative estimate of drug-likeness (QED) is 0.787. The molecule has 1 aromatic heterocycles. The summed E-state index contributed by atoms with van der Waals surface area (Å²) in [5, 5.41) is 3.70. The first kappa shape index (κ1) is 20.5. The molecule has 0 radical (unpaired) electrons. The zero-order valence-corrected chi connectivity index (χ0v) is 17.3. The Balaban J connectivity index is 1.44. The highest BCUT2D eigenvalue weighted by molar-refractivity contribution is 5.40. The summed E-state index contributed by atoms with van der Waals surface area (Å²) in [5.74, 6) is 2.33. The molecule has 1 aromatic carbocycles. The van der Waals surface area contributed by atoms with Gasteiger partial charge in [0, 0.05) is 30.9 Å². The molecule has 0 unspecified atom stereocenters. The maximum atomic E-state index is 13.8. The number of hydrogen-bond acceptors (Lipinski definition) is 5. The van der Waals surface area contributed by atoms with E-state index in [9.17, 15) is 4.39 Å². The van der Waals surface area contributed by atoms with E-state index in [4.69, 9.17) is 4.74 Å². The van der Waals surface area contributed by atoms with Crippen molar-refractivity contribution in [3.05, 3.63) is 47.2 Å². The van der Waals surface area contributed by atoms with Crippen LogP contribution < -0.4 is 15.0 Å². The van der Waals surface area contributed by atoms with Crippen LogP contribution in [0.15, 0.2) is 24.3 Å². The molecule has 1 aliphatic heterocycles. The minimum atomic E-state index is -0.289. The van der Waals surface area contributed by atoms with Gasteiger partial charge in [0.15, 0.2) is 11.6 Å². The van der Waals surface area contributed by atoms with Crippen LogP contribution in [0, 0.1) is 25.6 Å². The van der Waals surface area contributed by atoms with Crippen LogP contribution >= 0.6 is 0 Å². The van der Waals surface area contributed by atoms with Crippen molar-refractivity contribution in [3.8, 4) is 5.75 Å². The molecule has 2 aromatic rings. The lowest BCUT2D eigenvalue weighted by molar-refractivity contribution is 0.379. The Bertz CT molecular complexity index is 770. The van der Waals surface area contributed by atoms with Crippen molar-refractivity contribution in [3.63, 3.8) is 0 Å². The normalized spacial score (nSPS) is 16.2. The zero-order chi connectivity index (χ0) is 20.1. The van der Waals surface area contributed by atoms with Crippen LogP contribution in [0.5, 0.6) is 5.75 Å². The average Bonchev–Trinajstić information content (AvgIpc) is 2.66. The van der Waals surface area contributed by atoms with E-state index >= 15 is 0 Å². The average molecular weight is 387 g/mol. The lowest BCUT2D eigenvalue weighted by Gasteiger charge is -2.34. The molecular formula is C22H31FN4O. The summed E-state index contributed by atoms with van der Waals surface area (Å²) in [6, 6.07) is 7.83. The van der Waals surface area contributed by atoms with Gasteiger partial charge in [-0.1, -0.05) is 13.0 Å². The number of benzene rings is 1. The molecule has 1 fully saturated rings. The first-order chi connectivity index (χ1) is 13.4. The predicted molar refractivity (Wildman–Crippen MR) is 111 cm³/mol. The van der Waals surface area contributed by atoms with Gasteiger partial charge in [0.2, 0.25) is 0 Å². The summed E-state index contributed by atoms with van der Waals surface area (Å²) in [5.41, 5.74) is 2.03. The summed E-state index contributed by atoms with van der Waals surface area (Å²) in [7, 11) is 1.49. The van der Waals surface area contributed by atoms with E-state index in [1.54, 1.807) is 12.1 Å². The maximum absolute atomic E-state index is 13.8. The molecule has 3 rings (SSSR count). The fourth-order valence-electron chi connectivity index (χ4n) is 3.85. The third kappa shape index (κ3) is 5.41. The van der Waals surface area contributed by atoms with E-state index in [0.717, 1.165) is 61.8 Å². The molecule has 0 aliphatic carbocycles. The van der Waals surface area contributed by atoms with Gasteiger partial charge in [-0.2, -0.15) is 0 Å². The summed E-state index contributed by atoms with van der Waals surface area (Å²) in [6.45, 7) is 9.11. The second kappa shape index (κ2) is 9.32. The van der Waals surface area contributed by atoms with Gasteiger partial charge in [-0.05, 0) is 63.3 Å². The van der Waals surface area contributed by atoms with Crippen LogP contribution in [-0.2, 0) is 6.42 Å². The molecule has 0 amide bonds. The second-order valence-electron chi connectivity index (χ2n) is 7.86. The SMILES string of the molecule is COc1ccc(C[C@H](C)CNC2CCN(c3cc(C)nc(C)n3)CC2)cc1F. The minimum absolute atomic E-state index is 0.289. The fourth-order valence-corrected chi connectivity index (χ4v) is 3.85. The number of hydrogen-bond donors (Lipinski definition) is 1. The van der Waals surface area contributed by atoms with Crippen molar-refractivity contribution in [2.45, 2.75) is 46.1 Å².